The molecule has 1 saturated heterocycles. The number of amides is 1. The highest BCUT2D eigenvalue weighted by molar-refractivity contribution is 5.89. The first-order valence-corrected chi connectivity index (χ1v) is 13.1. The van der Waals surface area contributed by atoms with Crippen molar-refractivity contribution < 1.29 is 28.6 Å². The minimum absolute atomic E-state index is 0.0277. The van der Waals surface area contributed by atoms with Crippen LogP contribution in [0.2, 0.25) is 0 Å². The van der Waals surface area contributed by atoms with Gasteiger partial charge < -0.3 is 24.0 Å². The van der Waals surface area contributed by atoms with E-state index in [2.05, 4.69) is 10.00 Å². The molecule has 1 fully saturated rings. The number of hydrogen-bond donors (Lipinski definition) is 0. The van der Waals surface area contributed by atoms with Crippen LogP contribution in [0.25, 0.3) is 16.9 Å². The number of benzene rings is 2. The van der Waals surface area contributed by atoms with Crippen LogP contribution in [0, 0.1) is 0 Å². The number of carbonyl (C=O) groups excluding carboxylic acids is 3. The number of para-hydroxylation sites is 2. The molecule has 4 rings (SSSR count). The molecule has 2 heterocycles. The van der Waals surface area contributed by atoms with Crippen LogP contribution in [0.5, 0.6) is 5.75 Å². The summed E-state index contributed by atoms with van der Waals surface area (Å²) >= 11 is 0. The normalized spacial score (nSPS) is 13.2. The Balaban J connectivity index is 1.49. The molecule has 10 nitrogen and oxygen atoms in total. The third-order valence-electron chi connectivity index (χ3n) is 6.52. The lowest BCUT2D eigenvalue weighted by Crippen LogP contribution is -2.48. The molecule has 1 aliphatic heterocycles. The van der Waals surface area contributed by atoms with Gasteiger partial charge in [0.05, 0.1) is 32.4 Å². The number of ether oxygens (including phenoxy) is 3. The van der Waals surface area contributed by atoms with Crippen molar-refractivity contribution in [1.82, 2.24) is 14.7 Å². The fourth-order valence-corrected chi connectivity index (χ4v) is 4.54. The van der Waals surface area contributed by atoms with Gasteiger partial charge in [-0.05, 0) is 44.2 Å². The second-order valence-corrected chi connectivity index (χ2v) is 8.94. The molecule has 0 saturated carbocycles. The predicted molar refractivity (Wildman–Crippen MR) is 146 cm³/mol. The lowest BCUT2D eigenvalue weighted by atomic mass is 10.1. The molecular weight excluding hydrogens is 500 g/mol. The first-order valence-electron chi connectivity index (χ1n) is 13.1. The number of rotatable bonds is 10. The molecule has 0 unspecified atom stereocenters. The van der Waals surface area contributed by atoms with Crippen LogP contribution < -0.4 is 9.64 Å². The van der Waals surface area contributed by atoms with Gasteiger partial charge >= 0.3 is 11.9 Å². The third kappa shape index (κ3) is 6.57. The highest BCUT2D eigenvalue weighted by Crippen LogP contribution is 2.31. The minimum Gasteiger partial charge on any atom is -0.494 e. The second-order valence-electron chi connectivity index (χ2n) is 8.94. The van der Waals surface area contributed by atoms with Gasteiger partial charge in [-0.25, -0.2) is 9.48 Å². The predicted octanol–water partition coefficient (Wildman–Crippen LogP) is 3.72. The molecule has 3 aromatic rings. The summed E-state index contributed by atoms with van der Waals surface area (Å²) < 4.78 is 17.3. The quantitative estimate of drug-likeness (QED) is 0.363. The molecule has 0 spiro atoms. The number of piperazine rings is 1. The zero-order valence-electron chi connectivity index (χ0n) is 22.6. The monoisotopic (exact) mass is 534 g/mol. The summed E-state index contributed by atoms with van der Waals surface area (Å²) in [6.45, 7) is 6.65. The van der Waals surface area contributed by atoms with Gasteiger partial charge in [-0.1, -0.05) is 24.3 Å². The van der Waals surface area contributed by atoms with E-state index in [0.29, 0.717) is 44.2 Å². The maximum Gasteiger partial charge on any atom is 0.358 e. The molecule has 1 aliphatic rings. The molecular formula is C29H34N4O6. The maximum atomic E-state index is 12.5. The summed E-state index contributed by atoms with van der Waals surface area (Å²) in [5.41, 5.74) is 3.56. The summed E-state index contributed by atoms with van der Waals surface area (Å²) in [7, 11) is 1.59. The van der Waals surface area contributed by atoms with Gasteiger partial charge in [0.2, 0.25) is 5.91 Å². The van der Waals surface area contributed by atoms with Gasteiger partial charge in [0.15, 0.2) is 5.69 Å². The topological polar surface area (TPSA) is 103 Å². The van der Waals surface area contributed by atoms with Crippen LogP contribution in [-0.2, 0) is 19.1 Å². The molecule has 0 bridgehead atoms. The van der Waals surface area contributed by atoms with Gasteiger partial charge in [0.25, 0.3) is 0 Å². The van der Waals surface area contributed by atoms with Gasteiger partial charge in [-0.2, -0.15) is 5.10 Å². The first-order chi connectivity index (χ1) is 18.9. The van der Waals surface area contributed by atoms with E-state index in [1.54, 1.807) is 36.6 Å². The SMILES string of the molecule is CCOC(=O)CCC(=O)N1CCN(c2ccc(-c3cc(C(=O)OCC)nn3-c3ccccc3OC)cc2)CC1. The van der Waals surface area contributed by atoms with Crippen molar-refractivity contribution in [3.63, 3.8) is 0 Å². The van der Waals surface area contributed by atoms with Crippen LogP contribution in [-0.4, -0.2) is 79.0 Å². The van der Waals surface area contributed by atoms with Crippen LogP contribution >= 0.6 is 0 Å². The number of carbonyl (C=O) groups is 3. The summed E-state index contributed by atoms with van der Waals surface area (Å²) in [4.78, 5) is 40.5. The van der Waals surface area contributed by atoms with Crippen LogP contribution in [0.15, 0.2) is 54.6 Å². The number of esters is 2. The van der Waals surface area contributed by atoms with E-state index < -0.39 is 5.97 Å². The van der Waals surface area contributed by atoms with Crippen LogP contribution in [0.1, 0.15) is 37.2 Å². The van der Waals surface area contributed by atoms with Crippen molar-refractivity contribution in [3.8, 4) is 22.7 Å². The highest BCUT2D eigenvalue weighted by atomic mass is 16.5. The first kappa shape index (κ1) is 27.7. The molecule has 1 aromatic heterocycles. The van der Waals surface area contributed by atoms with E-state index in [9.17, 15) is 14.4 Å². The van der Waals surface area contributed by atoms with E-state index >= 15 is 0 Å². The smallest absolute Gasteiger partial charge is 0.358 e. The zero-order chi connectivity index (χ0) is 27.8. The van der Waals surface area contributed by atoms with Crippen LogP contribution in [0.4, 0.5) is 5.69 Å². The standard InChI is InChI=1S/C29H34N4O6/c1-4-38-28(35)15-14-27(34)32-18-16-31(17-19-32)22-12-10-21(11-13-22)25-20-23(29(36)39-5-2)30-33(25)24-8-6-7-9-26(24)37-3/h6-13,20H,4-5,14-19H2,1-3H3. The van der Waals surface area contributed by atoms with Crippen molar-refractivity contribution >= 4 is 23.5 Å². The summed E-state index contributed by atoms with van der Waals surface area (Å²) in [6.07, 6.45) is 0.277. The van der Waals surface area contributed by atoms with Gasteiger partial charge in [-0.3, -0.25) is 9.59 Å². The van der Waals surface area contributed by atoms with E-state index in [1.165, 1.54) is 0 Å². The van der Waals surface area contributed by atoms with E-state index in [-0.39, 0.29) is 37.0 Å². The Labute approximate surface area is 228 Å². The molecule has 39 heavy (non-hydrogen) atoms. The lowest BCUT2D eigenvalue weighted by molar-refractivity contribution is -0.145. The molecule has 0 aliphatic carbocycles. The molecule has 1 amide bonds. The molecule has 2 aromatic carbocycles. The molecule has 0 radical (unpaired) electrons. The third-order valence-corrected chi connectivity index (χ3v) is 6.52. The van der Waals surface area contributed by atoms with Crippen molar-refractivity contribution in [3.05, 3.63) is 60.3 Å². The Hall–Kier alpha value is -4.34. The van der Waals surface area contributed by atoms with Gasteiger partial charge in [0.1, 0.15) is 11.4 Å². The Morgan fingerprint density at radius 2 is 1.56 bits per heavy atom. The largest absolute Gasteiger partial charge is 0.494 e. The molecule has 0 atom stereocenters. The average Bonchev–Trinajstić information content (AvgIpc) is 3.42. The summed E-state index contributed by atoms with van der Waals surface area (Å²) in [5.74, 6) is -0.228. The number of nitrogens with zero attached hydrogens (tertiary/aromatic N) is 4. The Morgan fingerprint density at radius 1 is 0.872 bits per heavy atom. The maximum absolute atomic E-state index is 12.5. The lowest BCUT2D eigenvalue weighted by Gasteiger charge is -2.36. The van der Waals surface area contributed by atoms with E-state index in [1.807, 2.05) is 48.5 Å². The summed E-state index contributed by atoms with van der Waals surface area (Å²) in [5, 5.41) is 4.54. The number of aromatic nitrogens is 2. The van der Waals surface area contributed by atoms with Gasteiger partial charge in [0, 0.05) is 43.9 Å². The highest BCUT2D eigenvalue weighted by Gasteiger charge is 2.23. The average molecular weight is 535 g/mol. The fourth-order valence-electron chi connectivity index (χ4n) is 4.54. The Kier molecular flexibility index (Phi) is 9.19. The van der Waals surface area contributed by atoms with E-state index in [0.717, 1.165) is 16.9 Å². The zero-order valence-corrected chi connectivity index (χ0v) is 22.6. The van der Waals surface area contributed by atoms with Crippen molar-refractivity contribution in [2.75, 3.05) is 51.4 Å². The minimum atomic E-state index is -0.487. The van der Waals surface area contributed by atoms with Crippen molar-refractivity contribution in [1.29, 1.82) is 0 Å². The van der Waals surface area contributed by atoms with Crippen molar-refractivity contribution in [2.24, 2.45) is 0 Å². The molecule has 10 heteroatoms. The van der Waals surface area contributed by atoms with Crippen molar-refractivity contribution in [2.45, 2.75) is 26.7 Å². The van der Waals surface area contributed by atoms with E-state index in [4.69, 9.17) is 14.2 Å². The van der Waals surface area contributed by atoms with Crippen LogP contribution in [0.3, 0.4) is 0 Å². The number of methoxy groups -OCH3 is 1. The number of hydrogen-bond acceptors (Lipinski definition) is 8. The second kappa shape index (κ2) is 12.9. The van der Waals surface area contributed by atoms with Gasteiger partial charge in [-0.15, -0.1) is 0 Å². The Bertz CT molecular complexity index is 1300. The summed E-state index contributed by atoms with van der Waals surface area (Å²) in [6, 6.07) is 17.2. The number of anilines is 1. The fraction of sp³-hybridized carbons (Fsp3) is 0.379. The molecule has 0 N–H and O–H groups in total. The Morgan fingerprint density at radius 3 is 2.23 bits per heavy atom. The molecule has 206 valence electrons.